The smallest absolute Gasteiger partial charge is 0.148 e. The van der Waals surface area contributed by atoms with Crippen molar-refractivity contribution in [3.8, 4) is 0 Å². The lowest BCUT2D eigenvalue weighted by Gasteiger charge is -2.24. The minimum absolute atomic E-state index is 0. The van der Waals surface area contributed by atoms with Gasteiger partial charge in [0.1, 0.15) is 5.82 Å². The summed E-state index contributed by atoms with van der Waals surface area (Å²) in [5.74, 6) is 0.955. The van der Waals surface area contributed by atoms with Gasteiger partial charge in [-0.15, -0.1) is 12.4 Å². The standard InChI is InChI=1S/C13H16N4.ClH/c14-8-10-4-3-7-17(10)13-9-15-11-5-1-2-6-12(11)16-13;/h1-2,5-6,9-10H,3-4,7-8,14H2;1H. The molecule has 2 aromatic rings. The maximum atomic E-state index is 5.78. The van der Waals surface area contributed by atoms with Gasteiger partial charge in [-0.1, -0.05) is 12.1 Å². The monoisotopic (exact) mass is 264 g/mol. The molecule has 1 aromatic heterocycles. The lowest BCUT2D eigenvalue weighted by molar-refractivity contribution is 0.671. The van der Waals surface area contributed by atoms with Gasteiger partial charge in [0, 0.05) is 19.1 Å². The molecule has 1 unspecified atom stereocenters. The molecular weight excluding hydrogens is 248 g/mol. The van der Waals surface area contributed by atoms with Crippen LogP contribution >= 0.6 is 12.4 Å². The Morgan fingerprint density at radius 2 is 2.06 bits per heavy atom. The first-order valence-corrected chi connectivity index (χ1v) is 6.07. The summed E-state index contributed by atoms with van der Waals surface area (Å²) in [6, 6.07) is 8.38. The third-order valence-corrected chi connectivity index (χ3v) is 3.38. The van der Waals surface area contributed by atoms with Crippen molar-refractivity contribution in [2.45, 2.75) is 18.9 Å². The Kier molecular flexibility index (Phi) is 3.99. The zero-order valence-electron chi connectivity index (χ0n) is 10.1. The van der Waals surface area contributed by atoms with E-state index in [1.165, 1.54) is 6.42 Å². The molecule has 4 nitrogen and oxygen atoms in total. The normalized spacial score (nSPS) is 18.9. The predicted octanol–water partition coefficient (Wildman–Crippen LogP) is 1.98. The maximum Gasteiger partial charge on any atom is 0.148 e. The first-order chi connectivity index (χ1) is 8.38. The molecule has 2 N–H and O–H groups in total. The molecule has 1 aliphatic rings. The van der Waals surface area contributed by atoms with E-state index in [0.29, 0.717) is 12.6 Å². The quantitative estimate of drug-likeness (QED) is 0.901. The zero-order chi connectivity index (χ0) is 11.7. The number of para-hydroxylation sites is 2. The fourth-order valence-corrected chi connectivity index (χ4v) is 2.47. The van der Waals surface area contributed by atoms with Crippen LogP contribution in [0.5, 0.6) is 0 Å². The molecule has 5 heteroatoms. The van der Waals surface area contributed by atoms with Crippen LogP contribution < -0.4 is 10.6 Å². The Hall–Kier alpha value is -1.39. The minimum Gasteiger partial charge on any atom is -0.351 e. The van der Waals surface area contributed by atoms with E-state index in [1.54, 1.807) is 0 Å². The molecule has 0 bridgehead atoms. The Bertz CT molecular complexity index is 531. The lowest BCUT2D eigenvalue weighted by Crippen LogP contribution is -2.35. The van der Waals surface area contributed by atoms with Crippen molar-refractivity contribution in [3.63, 3.8) is 0 Å². The second-order valence-electron chi connectivity index (χ2n) is 4.44. The van der Waals surface area contributed by atoms with E-state index in [4.69, 9.17) is 5.73 Å². The Labute approximate surface area is 113 Å². The summed E-state index contributed by atoms with van der Waals surface area (Å²) in [6.45, 7) is 1.73. The Morgan fingerprint density at radius 1 is 1.28 bits per heavy atom. The number of halogens is 1. The molecule has 0 amide bonds. The van der Waals surface area contributed by atoms with Crippen molar-refractivity contribution in [1.82, 2.24) is 9.97 Å². The number of fused-ring (bicyclic) bond motifs is 1. The highest BCUT2D eigenvalue weighted by Crippen LogP contribution is 2.23. The number of rotatable bonds is 2. The zero-order valence-corrected chi connectivity index (χ0v) is 10.9. The predicted molar refractivity (Wildman–Crippen MR) is 76.2 cm³/mol. The van der Waals surface area contributed by atoms with Crippen molar-refractivity contribution in [3.05, 3.63) is 30.5 Å². The molecule has 0 saturated carbocycles. The van der Waals surface area contributed by atoms with E-state index in [1.807, 2.05) is 30.5 Å². The van der Waals surface area contributed by atoms with Crippen molar-refractivity contribution >= 4 is 29.3 Å². The highest BCUT2D eigenvalue weighted by atomic mass is 35.5. The molecule has 0 spiro atoms. The third-order valence-electron chi connectivity index (χ3n) is 3.38. The fourth-order valence-electron chi connectivity index (χ4n) is 2.47. The molecule has 1 fully saturated rings. The number of hydrogen-bond donors (Lipinski definition) is 1. The molecule has 96 valence electrons. The van der Waals surface area contributed by atoms with Crippen molar-refractivity contribution in [1.29, 1.82) is 0 Å². The summed E-state index contributed by atoms with van der Waals surface area (Å²) >= 11 is 0. The number of nitrogens with zero attached hydrogens (tertiary/aromatic N) is 3. The van der Waals surface area contributed by atoms with Crippen LogP contribution in [-0.2, 0) is 0 Å². The van der Waals surface area contributed by atoms with Gasteiger partial charge in [0.2, 0.25) is 0 Å². The summed E-state index contributed by atoms with van der Waals surface area (Å²) in [7, 11) is 0. The highest BCUT2D eigenvalue weighted by molar-refractivity contribution is 5.85. The molecule has 18 heavy (non-hydrogen) atoms. The second-order valence-corrected chi connectivity index (χ2v) is 4.44. The van der Waals surface area contributed by atoms with E-state index in [2.05, 4.69) is 14.9 Å². The number of nitrogens with two attached hydrogens (primary N) is 1. The second kappa shape index (κ2) is 5.50. The van der Waals surface area contributed by atoms with E-state index >= 15 is 0 Å². The average Bonchev–Trinajstić information content (AvgIpc) is 2.86. The SMILES string of the molecule is Cl.NCC1CCCN1c1cnc2ccccc2n1. The van der Waals surface area contributed by atoms with E-state index in [9.17, 15) is 0 Å². The van der Waals surface area contributed by atoms with Crippen LogP contribution in [0.3, 0.4) is 0 Å². The molecule has 3 rings (SSSR count). The van der Waals surface area contributed by atoms with E-state index in [-0.39, 0.29) is 12.4 Å². The van der Waals surface area contributed by atoms with Crippen molar-refractivity contribution in [2.75, 3.05) is 18.0 Å². The van der Waals surface area contributed by atoms with Gasteiger partial charge in [0.25, 0.3) is 0 Å². The topological polar surface area (TPSA) is 55.0 Å². The van der Waals surface area contributed by atoms with Crippen LogP contribution in [0, 0.1) is 0 Å². The third kappa shape index (κ3) is 2.26. The first-order valence-electron chi connectivity index (χ1n) is 6.07. The van der Waals surface area contributed by atoms with Crippen LogP contribution in [0.1, 0.15) is 12.8 Å². The maximum absolute atomic E-state index is 5.78. The number of anilines is 1. The molecule has 1 saturated heterocycles. The molecular formula is C13H17ClN4. The molecule has 2 heterocycles. The Balaban J connectivity index is 0.00000120. The van der Waals surface area contributed by atoms with Crippen LogP contribution in [0.4, 0.5) is 5.82 Å². The number of aromatic nitrogens is 2. The van der Waals surface area contributed by atoms with Crippen molar-refractivity contribution < 1.29 is 0 Å². The Morgan fingerprint density at radius 3 is 2.83 bits per heavy atom. The minimum atomic E-state index is 0. The number of benzene rings is 1. The number of hydrogen-bond acceptors (Lipinski definition) is 4. The van der Waals surface area contributed by atoms with Crippen LogP contribution in [0.15, 0.2) is 30.5 Å². The van der Waals surface area contributed by atoms with Gasteiger partial charge < -0.3 is 10.6 Å². The van der Waals surface area contributed by atoms with Gasteiger partial charge in [-0.2, -0.15) is 0 Å². The van der Waals surface area contributed by atoms with E-state index in [0.717, 1.165) is 29.8 Å². The van der Waals surface area contributed by atoms with Crippen molar-refractivity contribution in [2.24, 2.45) is 5.73 Å². The summed E-state index contributed by atoms with van der Waals surface area (Å²) in [5, 5.41) is 0. The molecule has 0 radical (unpaired) electrons. The lowest BCUT2D eigenvalue weighted by atomic mass is 10.2. The molecule has 1 atom stereocenters. The average molecular weight is 265 g/mol. The fraction of sp³-hybridized carbons (Fsp3) is 0.385. The van der Waals surface area contributed by atoms with Crippen LogP contribution in [0.25, 0.3) is 11.0 Å². The van der Waals surface area contributed by atoms with E-state index < -0.39 is 0 Å². The first kappa shape index (κ1) is 13.1. The summed E-state index contributed by atoms with van der Waals surface area (Å²) in [4.78, 5) is 11.4. The summed E-state index contributed by atoms with van der Waals surface area (Å²) in [5.41, 5.74) is 7.68. The van der Waals surface area contributed by atoms with Gasteiger partial charge in [0.05, 0.1) is 17.2 Å². The van der Waals surface area contributed by atoms with Gasteiger partial charge in [-0.3, -0.25) is 4.98 Å². The largest absolute Gasteiger partial charge is 0.351 e. The molecule has 1 aliphatic heterocycles. The van der Waals surface area contributed by atoms with Gasteiger partial charge >= 0.3 is 0 Å². The van der Waals surface area contributed by atoms with Crippen LogP contribution in [0.2, 0.25) is 0 Å². The summed E-state index contributed by atoms with van der Waals surface area (Å²) in [6.07, 6.45) is 4.21. The van der Waals surface area contributed by atoms with Crippen LogP contribution in [-0.4, -0.2) is 29.1 Å². The van der Waals surface area contributed by atoms with Gasteiger partial charge in [0.15, 0.2) is 0 Å². The van der Waals surface area contributed by atoms with Gasteiger partial charge in [-0.25, -0.2) is 4.98 Å². The molecule has 0 aliphatic carbocycles. The highest BCUT2D eigenvalue weighted by Gasteiger charge is 2.24. The molecule has 1 aromatic carbocycles. The summed E-state index contributed by atoms with van der Waals surface area (Å²) < 4.78 is 0. The van der Waals surface area contributed by atoms with Gasteiger partial charge in [-0.05, 0) is 25.0 Å².